The van der Waals surface area contributed by atoms with E-state index in [0.717, 1.165) is 5.56 Å². The van der Waals surface area contributed by atoms with Crippen LogP contribution in [-0.4, -0.2) is 30.3 Å². The Morgan fingerprint density at radius 2 is 2.25 bits per heavy atom. The quantitative estimate of drug-likeness (QED) is 0.774. The van der Waals surface area contributed by atoms with Crippen LogP contribution in [0.3, 0.4) is 0 Å². The third kappa shape index (κ3) is 2.93. The maximum Gasteiger partial charge on any atom is 0.308 e. The summed E-state index contributed by atoms with van der Waals surface area (Å²) in [6.07, 6.45) is 0.508. The second-order valence-corrected chi connectivity index (χ2v) is 3.39. The van der Waals surface area contributed by atoms with Gasteiger partial charge in [-0.05, 0) is 18.6 Å². The van der Waals surface area contributed by atoms with E-state index in [0.29, 0.717) is 11.4 Å². The fourth-order valence-corrected chi connectivity index (χ4v) is 1.34. The Hall–Kier alpha value is -1.62. The van der Waals surface area contributed by atoms with Crippen molar-refractivity contribution in [3.05, 3.63) is 23.4 Å². The molecule has 0 unspecified atom stereocenters. The summed E-state index contributed by atoms with van der Waals surface area (Å²) in [5.74, 6) is 0.0509. The molecule has 1 N–H and O–H groups in total. The average molecular weight is 225 g/mol. The van der Waals surface area contributed by atoms with Crippen LogP contribution in [0.1, 0.15) is 23.7 Å². The Morgan fingerprint density at radius 3 is 2.75 bits per heavy atom. The van der Waals surface area contributed by atoms with Gasteiger partial charge in [0.15, 0.2) is 0 Å². The summed E-state index contributed by atoms with van der Waals surface area (Å²) in [5.41, 5.74) is 1.38. The molecule has 0 aromatic carbocycles. The van der Waals surface area contributed by atoms with Crippen molar-refractivity contribution < 1.29 is 19.4 Å². The van der Waals surface area contributed by atoms with Crippen molar-refractivity contribution in [1.29, 1.82) is 0 Å². The highest BCUT2D eigenvalue weighted by atomic mass is 16.5. The van der Waals surface area contributed by atoms with Crippen LogP contribution in [0.15, 0.2) is 12.3 Å². The molecular weight excluding hydrogens is 210 g/mol. The van der Waals surface area contributed by atoms with Gasteiger partial charge >= 0.3 is 5.97 Å². The van der Waals surface area contributed by atoms with Gasteiger partial charge in [-0.25, -0.2) is 4.98 Å². The number of nitrogens with zero attached hydrogens (tertiary/aromatic N) is 1. The number of methoxy groups -OCH3 is 2. The number of carbonyl (C=O) groups is 1. The molecule has 0 spiro atoms. The SMILES string of the molecule is COC(=O)C[C@H](O)c1cnc(OC)c(C)c1. The number of ether oxygens (including phenoxy) is 2. The van der Waals surface area contributed by atoms with Crippen molar-refractivity contribution in [2.45, 2.75) is 19.4 Å². The summed E-state index contributed by atoms with van der Waals surface area (Å²) in [5, 5.41) is 9.73. The minimum atomic E-state index is -0.899. The number of aryl methyl sites for hydroxylation is 1. The fraction of sp³-hybridized carbons (Fsp3) is 0.455. The highest BCUT2D eigenvalue weighted by Gasteiger charge is 2.14. The Balaban J connectivity index is 2.80. The maximum absolute atomic E-state index is 11.0. The van der Waals surface area contributed by atoms with Gasteiger partial charge in [0.05, 0.1) is 26.7 Å². The van der Waals surface area contributed by atoms with Crippen molar-refractivity contribution in [3.63, 3.8) is 0 Å². The largest absolute Gasteiger partial charge is 0.481 e. The smallest absolute Gasteiger partial charge is 0.308 e. The van der Waals surface area contributed by atoms with Crippen LogP contribution in [-0.2, 0) is 9.53 Å². The summed E-state index contributed by atoms with van der Waals surface area (Å²) < 4.78 is 9.47. The first-order chi connectivity index (χ1) is 7.58. The third-order valence-electron chi connectivity index (χ3n) is 2.22. The van der Waals surface area contributed by atoms with Crippen LogP contribution < -0.4 is 4.74 Å². The zero-order valence-electron chi connectivity index (χ0n) is 9.56. The molecule has 0 amide bonds. The molecule has 0 aliphatic carbocycles. The van der Waals surface area contributed by atoms with Gasteiger partial charge in [-0.3, -0.25) is 4.79 Å². The number of pyridine rings is 1. The number of carbonyl (C=O) groups excluding carboxylic acids is 1. The number of aliphatic hydroxyl groups excluding tert-OH is 1. The molecule has 0 bridgehead atoms. The summed E-state index contributed by atoms with van der Waals surface area (Å²) >= 11 is 0. The summed E-state index contributed by atoms with van der Waals surface area (Å²) in [6, 6.07) is 1.74. The molecule has 1 rings (SSSR count). The molecule has 1 aromatic heterocycles. The molecule has 0 aliphatic rings. The van der Waals surface area contributed by atoms with Gasteiger partial charge in [-0.15, -0.1) is 0 Å². The zero-order chi connectivity index (χ0) is 12.1. The Kier molecular flexibility index (Phi) is 4.25. The number of aromatic nitrogens is 1. The molecule has 0 saturated heterocycles. The van der Waals surface area contributed by atoms with Crippen LogP contribution in [0, 0.1) is 6.92 Å². The topological polar surface area (TPSA) is 68.7 Å². The van der Waals surface area contributed by atoms with Gasteiger partial charge < -0.3 is 14.6 Å². The number of aliphatic hydroxyl groups is 1. The lowest BCUT2D eigenvalue weighted by molar-refractivity contribution is -0.142. The van der Waals surface area contributed by atoms with E-state index in [9.17, 15) is 9.90 Å². The molecule has 0 fully saturated rings. The van der Waals surface area contributed by atoms with Crippen molar-refractivity contribution in [3.8, 4) is 5.88 Å². The lowest BCUT2D eigenvalue weighted by Crippen LogP contribution is -2.08. The van der Waals surface area contributed by atoms with E-state index >= 15 is 0 Å². The van der Waals surface area contributed by atoms with Gasteiger partial charge in [0.1, 0.15) is 0 Å². The van der Waals surface area contributed by atoms with Crippen LogP contribution >= 0.6 is 0 Å². The molecule has 0 aliphatic heterocycles. The minimum Gasteiger partial charge on any atom is -0.481 e. The van der Waals surface area contributed by atoms with E-state index < -0.39 is 12.1 Å². The van der Waals surface area contributed by atoms with Gasteiger partial charge in [-0.1, -0.05) is 0 Å². The minimum absolute atomic E-state index is 0.0794. The van der Waals surface area contributed by atoms with E-state index in [4.69, 9.17) is 4.74 Å². The van der Waals surface area contributed by atoms with Gasteiger partial charge in [0.25, 0.3) is 0 Å². The predicted molar refractivity (Wildman–Crippen MR) is 57.1 cm³/mol. The first-order valence-corrected chi connectivity index (χ1v) is 4.84. The summed E-state index contributed by atoms with van der Waals surface area (Å²) in [7, 11) is 2.81. The Morgan fingerprint density at radius 1 is 1.56 bits per heavy atom. The second kappa shape index (κ2) is 5.46. The number of hydrogen-bond acceptors (Lipinski definition) is 5. The lowest BCUT2D eigenvalue weighted by Gasteiger charge is -2.11. The zero-order valence-corrected chi connectivity index (χ0v) is 9.56. The third-order valence-corrected chi connectivity index (χ3v) is 2.22. The molecule has 16 heavy (non-hydrogen) atoms. The molecule has 1 aromatic rings. The Bertz CT molecular complexity index is 378. The van der Waals surface area contributed by atoms with Crippen LogP contribution in [0.2, 0.25) is 0 Å². The molecule has 1 atom stereocenters. The average Bonchev–Trinajstić information content (AvgIpc) is 2.28. The predicted octanol–water partition coefficient (Wildman–Crippen LogP) is 0.995. The number of hydrogen-bond donors (Lipinski definition) is 1. The first-order valence-electron chi connectivity index (χ1n) is 4.84. The molecule has 5 nitrogen and oxygen atoms in total. The van der Waals surface area contributed by atoms with E-state index in [2.05, 4.69) is 9.72 Å². The monoisotopic (exact) mass is 225 g/mol. The molecule has 1 heterocycles. The maximum atomic E-state index is 11.0. The van der Waals surface area contributed by atoms with Crippen molar-refractivity contribution in [2.75, 3.05) is 14.2 Å². The fourth-order valence-electron chi connectivity index (χ4n) is 1.34. The molecular formula is C11H15NO4. The van der Waals surface area contributed by atoms with E-state index in [1.54, 1.807) is 6.07 Å². The normalized spacial score (nSPS) is 12.0. The summed E-state index contributed by atoms with van der Waals surface area (Å²) in [4.78, 5) is 15.0. The van der Waals surface area contributed by atoms with Crippen LogP contribution in [0.5, 0.6) is 5.88 Å². The molecule has 5 heteroatoms. The highest BCUT2D eigenvalue weighted by molar-refractivity contribution is 5.70. The van der Waals surface area contributed by atoms with E-state index in [1.165, 1.54) is 20.4 Å². The van der Waals surface area contributed by atoms with E-state index in [1.807, 2.05) is 6.92 Å². The van der Waals surface area contributed by atoms with Crippen molar-refractivity contribution >= 4 is 5.97 Å². The van der Waals surface area contributed by atoms with Gasteiger partial charge in [0, 0.05) is 11.8 Å². The first kappa shape index (κ1) is 12.4. The standard InChI is InChI=1S/C11H15NO4/c1-7-4-8(6-12-11(7)16-3)9(13)5-10(14)15-2/h4,6,9,13H,5H2,1-3H3/t9-/m0/s1. The van der Waals surface area contributed by atoms with E-state index in [-0.39, 0.29) is 6.42 Å². The molecule has 88 valence electrons. The number of rotatable bonds is 4. The highest BCUT2D eigenvalue weighted by Crippen LogP contribution is 2.21. The van der Waals surface area contributed by atoms with Crippen LogP contribution in [0.25, 0.3) is 0 Å². The molecule has 0 saturated carbocycles. The van der Waals surface area contributed by atoms with Gasteiger partial charge in [-0.2, -0.15) is 0 Å². The molecule has 0 radical (unpaired) electrons. The number of esters is 1. The van der Waals surface area contributed by atoms with Crippen molar-refractivity contribution in [2.24, 2.45) is 0 Å². The van der Waals surface area contributed by atoms with Crippen LogP contribution in [0.4, 0.5) is 0 Å². The lowest BCUT2D eigenvalue weighted by atomic mass is 10.1. The Labute approximate surface area is 94.0 Å². The van der Waals surface area contributed by atoms with Crippen molar-refractivity contribution in [1.82, 2.24) is 4.98 Å². The van der Waals surface area contributed by atoms with Gasteiger partial charge in [0.2, 0.25) is 5.88 Å². The summed E-state index contributed by atoms with van der Waals surface area (Å²) in [6.45, 7) is 1.82. The second-order valence-electron chi connectivity index (χ2n) is 3.39.